The van der Waals surface area contributed by atoms with E-state index in [1.165, 1.54) is 18.2 Å². The first-order valence-electron chi connectivity index (χ1n) is 9.88. The van der Waals surface area contributed by atoms with Gasteiger partial charge in [-0.3, -0.25) is 4.79 Å². The van der Waals surface area contributed by atoms with Crippen molar-refractivity contribution < 1.29 is 13.9 Å². The fourth-order valence-corrected chi connectivity index (χ4v) is 4.94. The Bertz CT molecular complexity index is 834. The average molecular weight is 401 g/mol. The zero-order valence-corrected chi connectivity index (χ0v) is 16.4. The summed E-state index contributed by atoms with van der Waals surface area (Å²) in [5.41, 5.74) is 0.688. The van der Waals surface area contributed by atoms with Crippen molar-refractivity contribution in [2.75, 3.05) is 31.2 Å². The van der Waals surface area contributed by atoms with Gasteiger partial charge >= 0.3 is 0 Å². The van der Waals surface area contributed by atoms with Crippen LogP contribution < -0.4 is 15.5 Å². The fourth-order valence-electron chi connectivity index (χ4n) is 4.24. The van der Waals surface area contributed by atoms with E-state index in [1.54, 1.807) is 6.20 Å². The molecule has 2 N–H and O–H groups in total. The van der Waals surface area contributed by atoms with Crippen molar-refractivity contribution in [2.45, 2.75) is 47.5 Å². The summed E-state index contributed by atoms with van der Waals surface area (Å²) in [7, 11) is 0. The van der Waals surface area contributed by atoms with Gasteiger partial charge in [0.05, 0.1) is 19.4 Å². The number of carbonyl (C=O) groups excluding carboxylic acids is 1. The van der Waals surface area contributed by atoms with Gasteiger partial charge in [-0.25, -0.2) is 4.98 Å². The number of hydrogen-bond acceptors (Lipinski definition) is 7. The molecule has 3 aliphatic heterocycles. The summed E-state index contributed by atoms with van der Waals surface area (Å²) in [6.45, 7) is 3.07. The van der Waals surface area contributed by atoms with E-state index < -0.39 is 0 Å². The molecule has 3 saturated heterocycles. The minimum Gasteiger partial charge on any atom is -0.415 e. The topological polar surface area (TPSA) is 79.6 Å². The van der Waals surface area contributed by atoms with Gasteiger partial charge in [-0.05, 0) is 55.3 Å². The molecule has 3 atom stereocenters. The van der Waals surface area contributed by atoms with E-state index in [0.29, 0.717) is 36.1 Å². The van der Waals surface area contributed by atoms with Gasteiger partial charge < -0.3 is 24.7 Å². The molecule has 2 bridgehead atoms. The van der Waals surface area contributed by atoms with E-state index >= 15 is 0 Å². The van der Waals surface area contributed by atoms with Crippen LogP contribution in [0.15, 0.2) is 45.0 Å². The van der Waals surface area contributed by atoms with Crippen LogP contribution >= 0.6 is 11.8 Å². The molecule has 2 aromatic rings. The molecule has 3 aliphatic rings. The van der Waals surface area contributed by atoms with Gasteiger partial charge in [0.25, 0.3) is 11.1 Å². The Balaban J connectivity index is 1.18. The normalized spacial score (nSPS) is 26.6. The summed E-state index contributed by atoms with van der Waals surface area (Å²) in [4.78, 5) is 20.0. The van der Waals surface area contributed by atoms with E-state index in [-0.39, 0.29) is 11.9 Å². The summed E-state index contributed by atoms with van der Waals surface area (Å²) in [5.74, 6) is 0.780. The standard InChI is InChI=1S/C20H24N4O3S/c25-19(23-17-11-14-3-6-16(17)22-14)13-1-4-15(5-2-13)28-20-21-12-18(27-20)24-7-9-26-10-8-24/h1-2,4-5,12,14,16-17,22H,3,6-11H2,(H,23,25)/t14-,16+,17-/m1/s1. The van der Waals surface area contributed by atoms with E-state index in [4.69, 9.17) is 9.15 Å². The highest BCUT2D eigenvalue weighted by Crippen LogP contribution is 2.31. The molecule has 0 saturated carbocycles. The van der Waals surface area contributed by atoms with Crippen LogP contribution in [0.2, 0.25) is 0 Å². The van der Waals surface area contributed by atoms with Crippen molar-refractivity contribution in [3.8, 4) is 0 Å². The highest BCUT2D eigenvalue weighted by atomic mass is 32.2. The van der Waals surface area contributed by atoms with Crippen LogP contribution in [-0.2, 0) is 4.74 Å². The summed E-state index contributed by atoms with van der Waals surface area (Å²) >= 11 is 1.46. The Morgan fingerprint density at radius 2 is 2.04 bits per heavy atom. The first-order chi connectivity index (χ1) is 13.7. The highest BCUT2D eigenvalue weighted by Gasteiger charge is 2.39. The monoisotopic (exact) mass is 400 g/mol. The third-order valence-electron chi connectivity index (χ3n) is 5.73. The molecule has 148 valence electrons. The van der Waals surface area contributed by atoms with Gasteiger partial charge in [0.2, 0.25) is 5.88 Å². The zero-order chi connectivity index (χ0) is 18.9. The molecule has 1 aromatic heterocycles. The number of fused-ring (bicyclic) bond motifs is 2. The zero-order valence-electron chi connectivity index (χ0n) is 15.6. The van der Waals surface area contributed by atoms with Crippen LogP contribution in [0.4, 0.5) is 5.88 Å². The lowest BCUT2D eigenvalue weighted by Gasteiger charge is -2.25. The molecule has 8 heteroatoms. The first-order valence-corrected chi connectivity index (χ1v) is 10.7. The van der Waals surface area contributed by atoms with Crippen LogP contribution in [0.1, 0.15) is 29.6 Å². The van der Waals surface area contributed by atoms with Crippen LogP contribution in [-0.4, -0.2) is 55.3 Å². The van der Waals surface area contributed by atoms with Crippen molar-refractivity contribution in [3.05, 3.63) is 36.0 Å². The molecule has 3 fully saturated rings. The number of nitrogens with one attached hydrogen (secondary N) is 2. The van der Waals surface area contributed by atoms with E-state index in [2.05, 4.69) is 20.5 Å². The molecule has 0 unspecified atom stereocenters. The van der Waals surface area contributed by atoms with Crippen LogP contribution in [0.5, 0.6) is 0 Å². The SMILES string of the molecule is O=C(N[C@@H]1C[C@H]2CC[C@@H]1N2)c1ccc(Sc2ncc(N3CCOCC3)o2)cc1. The molecule has 0 spiro atoms. The van der Waals surface area contributed by atoms with Crippen LogP contribution in [0.3, 0.4) is 0 Å². The molecule has 0 aliphatic carbocycles. The second-order valence-corrected chi connectivity index (χ2v) is 8.58. The maximum absolute atomic E-state index is 12.5. The van der Waals surface area contributed by atoms with Crippen LogP contribution in [0.25, 0.3) is 0 Å². The minimum absolute atomic E-state index is 0.00151. The smallest absolute Gasteiger partial charge is 0.262 e. The number of benzene rings is 1. The van der Waals surface area contributed by atoms with Crippen molar-refractivity contribution in [2.24, 2.45) is 0 Å². The van der Waals surface area contributed by atoms with E-state index in [1.807, 2.05) is 24.3 Å². The number of nitrogens with zero attached hydrogens (tertiary/aromatic N) is 2. The summed E-state index contributed by atoms with van der Waals surface area (Å²) in [6, 6.07) is 8.89. The second-order valence-electron chi connectivity index (χ2n) is 7.55. The van der Waals surface area contributed by atoms with E-state index in [9.17, 15) is 4.79 Å². The molecule has 28 heavy (non-hydrogen) atoms. The van der Waals surface area contributed by atoms with Gasteiger partial charge in [0, 0.05) is 41.7 Å². The van der Waals surface area contributed by atoms with Crippen molar-refractivity contribution in [1.29, 1.82) is 0 Å². The molecular weight excluding hydrogens is 376 g/mol. The summed E-state index contributed by atoms with van der Waals surface area (Å²) < 4.78 is 11.2. The quantitative estimate of drug-likeness (QED) is 0.797. The lowest BCUT2D eigenvalue weighted by Crippen LogP contribution is -2.42. The Labute approximate surface area is 168 Å². The Morgan fingerprint density at radius 3 is 2.75 bits per heavy atom. The molecular formula is C20H24N4O3S. The first kappa shape index (κ1) is 18.0. The number of aromatic nitrogens is 1. The second kappa shape index (κ2) is 7.77. The molecule has 7 nitrogen and oxygen atoms in total. The van der Waals surface area contributed by atoms with Gasteiger partial charge in [0.1, 0.15) is 0 Å². The number of amides is 1. The molecule has 4 heterocycles. The minimum atomic E-state index is 0.00151. The number of morpholine rings is 1. The third-order valence-corrected chi connectivity index (χ3v) is 6.60. The average Bonchev–Trinajstić information content (AvgIpc) is 3.46. The Hall–Kier alpha value is -2.03. The van der Waals surface area contributed by atoms with Crippen molar-refractivity contribution in [3.63, 3.8) is 0 Å². The highest BCUT2D eigenvalue weighted by molar-refractivity contribution is 7.99. The van der Waals surface area contributed by atoms with Crippen molar-refractivity contribution in [1.82, 2.24) is 15.6 Å². The number of ether oxygens (including phenoxy) is 1. The maximum Gasteiger partial charge on any atom is 0.262 e. The fraction of sp³-hybridized carbons (Fsp3) is 0.500. The number of anilines is 1. The molecule has 5 rings (SSSR count). The van der Waals surface area contributed by atoms with Gasteiger partial charge in [-0.2, -0.15) is 0 Å². The molecule has 1 aromatic carbocycles. The number of rotatable bonds is 5. The van der Waals surface area contributed by atoms with Gasteiger partial charge in [-0.1, -0.05) is 0 Å². The summed E-state index contributed by atoms with van der Waals surface area (Å²) in [5, 5.41) is 7.33. The van der Waals surface area contributed by atoms with Gasteiger partial charge in [-0.15, -0.1) is 0 Å². The number of hydrogen-bond donors (Lipinski definition) is 2. The Kier molecular flexibility index (Phi) is 5.00. The number of oxazole rings is 1. The third kappa shape index (κ3) is 3.76. The largest absolute Gasteiger partial charge is 0.415 e. The van der Waals surface area contributed by atoms with Gasteiger partial charge in [0.15, 0.2) is 0 Å². The van der Waals surface area contributed by atoms with Crippen LogP contribution in [0, 0.1) is 0 Å². The molecule has 0 radical (unpaired) electrons. The van der Waals surface area contributed by atoms with Crippen molar-refractivity contribution >= 4 is 23.6 Å². The summed E-state index contributed by atoms with van der Waals surface area (Å²) in [6.07, 6.45) is 5.20. The Morgan fingerprint density at radius 1 is 1.21 bits per heavy atom. The lowest BCUT2D eigenvalue weighted by atomic mass is 9.95. The predicted molar refractivity (Wildman–Crippen MR) is 106 cm³/mol. The number of carbonyl (C=O) groups is 1. The lowest BCUT2D eigenvalue weighted by molar-refractivity contribution is 0.0931. The maximum atomic E-state index is 12.5. The molecule has 1 amide bonds. The van der Waals surface area contributed by atoms with E-state index in [0.717, 1.165) is 36.7 Å². The predicted octanol–water partition coefficient (Wildman–Crippen LogP) is 2.29.